The summed E-state index contributed by atoms with van der Waals surface area (Å²) >= 11 is 0. The van der Waals surface area contributed by atoms with Gasteiger partial charge in [0.2, 0.25) is 0 Å². The molecular formula is C13H17N. The lowest BCUT2D eigenvalue weighted by atomic mass is 9.96. The van der Waals surface area contributed by atoms with Crippen LogP contribution in [0.2, 0.25) is 0 Å². The van der Waals surface area contributed by atoms with Gasteiger partial charge in [0.1, 0.15) is 0 Å². The largest absolute Gasteiger partial charge is 0.328 e. The highest BCUT2D eigenvalue weighted by Crippen LogP contribution is 2.33. The maximum atomic E-state index is 5.90. The van der Waals surface area contributed by atoms with Gasteiger partial charge in [0.15, 0.2) is 0 Å². The Morgan fingerprint density at radius 2 is 1.93 bits per heavy atom. The molecule has 1 aliphatic carbocycles. The van der Waals surface area contributed by atoms with Crippen LogP contribution in [0.25, 0.3) is 6.08 Å². The molecule has 0 saturated heterocycles. The van der Waals surface area contributed by atoms with Gasteiger partial charge in [0.05, 0.1) is 0 Å². The lowest BCUT2D eigenvalue weighted by Gasteiger charge is -2.09. The summed E-state index contributed by atoms with van der Waals surface area (Å²) in [4.78, 5) is 0. The first kappa shape index (κ1) is 9.47. The predicted molar refractivity (Wildman–Crippen MR) is 61.1 cm³/mol. The van der Waals surface area contributed by atoms with Gasteiger partial charge in [0.25, 0.3) is 0 Å². The van der Waals surface area contributed by atoms with Crippen molar-refractivity contribution in [3.63, 3.8) is 0 Å². The fourth-order valence-corrected chi connectivity index (χ4v) is 2.22. The standard InChI is InChI=1S/C13H17N/c1-2-10-3-5-11(6-4-10)12-7-8-13(14)9-12/h2-6,12-13H,1,7-9,14H2. The van der Waals surface area contributed by atoms with E-state index in [1.165, 1.54) is 24.0 Å². The van der Waals surface area contributed by atoms with E-state index < -0.39 is 0 Å². The minimum atomic E-state index is 0.416. The van der Waals surface area contributed by atoms with Crippen molar-refractivity contribution in [2.75, 3.05) is 0 Å². The third kappa shape index (κ3) is 1.88. The second-order valence-corrected chi connectivity index (χ2v) is 4.14. The molecule has 0 aromatic heterocycles. The molecule has 1 aromatic rings. The van der Waals surface area contributed by atoms with E-state index >= 15 is 0 Å². The summed E-state index contributed by atoms with van der Waals surface area (Å²) in [6, 6.07) is 9.09. The van der Waals surface area contributed by atoms with Crippen molar-refractivity contribution in [2.45, 2.75) is 31.2 Å². The molecule has 1 fully saturated rings. The monoisotopic (exact) mass is 187 g/mol. The number of benzene rings is 1. The molecule has 2 unspecified atom stereocenters. The van der Waals surface area contributed by atoms with Crippen molar-refractivity contribution in [3.05, 3.63) is 42.0 Å². The summed E-state index contributed by atoms with van der Waals surface area (Å²) in [5.74, 6) is 0.684. The van der Waals surface area contributed by atoms with Gasteiger partial charge in [-0.25, -0.2) is 0 Å². The minimum absolute atomic E-state index is 0.416. The summed E-state index contributed by atoms with van der Waals surface area (Å²) in [6.07, 6.45) is 5.44. The number of hydrogen-bond acceptors (Lipinski definition) is 1. The molecule has 2 atom stereocenters. The van der Waals surface area contributed by atoms with Crippen molar-refractivity contribution in [1.29, 1.82) is 0 Å². The Hall–Kier alpha value is -1.08. The molecule has 74 valence electrons. The molecule has 1 nitrogen and oxygen atoms in total. The van der Waals surface area contributed by atoms with Crippen LogP contribution in [0.4, 0.5) is 0 Å². The normalized spacial score (nSPS) is 26.4. The van der Waals surface area contributed by atoms with E-state index in [1.54, 1.807) is 0 Å². The summed E-state index contributed by atoms with van der Waals surface area (Å²) < 4.78 is 0. The number of rotatable bonds is 2. The highest BCUT2D eigenvalue weighted by atomic mass is 14.6. The first-order chi connectivity index (χ1) is 6.79. The van der Waals surface area contributed by atoms with Gasteiger partial charge in [-0.3, -0.25) is 0 Å². The Kier molecular flexibility index (Phi) is 2.69. The molecule has 14 heavy (non-hydrogen) atoms. The Morgan fingerprint density at radius 1 is 1.21 bits per heavy atom. The lowest BCUT2D eigenvalue weighted by molar-refractivity contribution is 0.675. The van der Waals surface area contributed by atoms with Gasteiger partial charge >= 0.3 is 0 Å². The fourth-order valence-electron chi connectivity index (χ4n) is 2.22. The van der Waals surface area contributed by atoms with Gasteiger partial charge in [-0.2, -0.15) is 0 Å². The molecule has 1 heteroatoms. The molecule has 1 saturated carbocycles. The zero-order chi connectivity index (χ0) is 9.97. The van der Waals surface area contributed by atoms with Crippen molar-refractivity contribution in [3.8, 4) is 0 Å². The average Bonchev–Trinajstić information content (AvgIpc) is 2.65. The van der Waals surface area contributed by atoms with E-state index in [4.69, 9.17) is 5.73 Å². The summed E-state index contributed by atoms with van der Waals surface area (Å²) in [6.45, 7) is 3.75. The van der Waals surface area contributed by atoms with E-state index in [0.29, 0.717) is 12.0 Å². The van der Waals surface area contributed by atoms with Gasteiger partial charge in [0, 0.05) is 6.04 Å². The SMILES string of the molecule is C=Cc1ccc(C2CCC(N)C2)cc1. The first-order valence-electron chi connectivity index (χ1n) is 5.27. The average molecular weight is 187 g/mol. The van der Waals surface area contributed by atoms with Crippen molar-refractivity contribution >= 4 is 6.08 Å². The van der Waals surface area contributed by atoms with Crippen LogP contribution in [0, 0.1) is 0 Å². The molecule has 0 aliphatic heterocycles. The minimum Gasteiger partial charge on any atom is -0.328 e. The summed E-state index contributed by atoms with van der Waals surface area (Å²) in [5, 5.41) is 0. The molecule has 1 aliphatic rings. The maximum absolute atomic E-state index is 5.90. The van der Waals surface area contributed by atoms with E-state index in [-0.39, 0.29) is 0 Å². The Balaban J connectivity index is 2.13. The maximum Gasteiger partial charge on any atom is 0.00448 e. The summed E-state index contributed by atoms with van der Waals surface area (Å²) in [5.41, 5.74) is 8.53. The van der Waals surface area contributed by atoms with Crippen LogP contribution in [0.5, 0.6) is 0 Å². The van der Waals surface area contributed by atoms with E-state index in [0.717, 1.165) is 6.42 Å². The number of hydrogen-bond donors (Lipinski definition) is 1. The van der Waals surface area contributed by atoms with Crippen LogP contribution in [-0.2, 0) is 0 Å². The van der Waals surface area contributed by atoms with E-state index in [9.17, 15) is 0 Å². The highest BCUT2D eigenvalue weighted by Gasteiger charge is 2.22. The first-order valence-corrected chi connectivity index (χ1v) is 5.27. The molecule has 1 aromatic carbocycles. The lowest BCUT2D eigenvalue weighted by Crippen LogP contribution is -2.14. The highest BCUT2D eigenvalue weighted by molar-refractivity contribution is 5.47. The third-order valence-electron chi connectivity index (χ3n) is 3.12. The van der Waals surface area contributed by atoms with E-state index in [1.807, 2.05) is 6.08 Å². The fraction of sp³-hybridized carbons (Fsp3) is 0.385. The molecule has 0 heterocycles. The van der Waals surface area contributed by atoms with Crippen molar-refractivity contribution in [2.24, 2.45) is 5.73 Å². The van der Waals surface area contributed by atoms with Crippen LogP contribution >= 0.6 is 0 Å². The van der Waals surface area contributed by atoms with E-state index in [2.05, 4.69) is 30.8 Å². The van der Waals surface area contributed by atoms with Crippen LogP contribution in [-0.4, -0.2) is 6.04 Å². The van der Waals surface area contributed by atoms with Gasteiger partial charge in [-0.05, 0) is 36.3 Å². The van der Waals surface area contributed by atoms with Gasteiger partial charge < -0.3 is 5.73 Å². The molecule has 0 radical (unpaired) electrons. The van der Waals surface area contributed by atoms with Crippen LogP contribution in [0.1, 0.15) is 36.3 Å². The second-order valence-electron chi connectivity index (χ2n) is 4.14. The zero-order valence-electron chi connectivity index (χ0n) is 8.45. The molecule has 0 amide bonds. The summed E-state index contributed by atoms with van der Waals surface area (Å²) in [7, 11) is 0. The smallest absolute Gasteiger partial charge is 0.00448 e. The second kappa shape index (κ2) is 3.97. The molecule has 2 N–H and O–H groups in total. The molecule has 0 bridgehead atoms. The van der Waals surface area contributed by atoms with Crippen LogP contribution in [0.3, 0.4) is 0 Å². The quantitative estimate of drug-likeness (QED) is 0.757. The molecule has 0 spiro atoms. The Labute approximate surface area is 85.6 Å². The topological polar surface area (TPSA) is 26.0 Å². The predicted octanol–water partition coefficient (Wildman–Crippen LogP) is 2.92. The third-order valence-corrected chi connectivity index (χ3v) is 3.12. The van der Waals surface area contributed by atoms with Crippen molar-refractivity contribution < 1.29 is 0 Å². The van der Waals surface area contributed by atoms with Crippen molar-refractivity contribution in [1.82, 2.24) is 0 Å². The van der Waals surface area contributed by atoms with Crippen LogP contribution in [0.15, 0.2) is 30.8 Å². The molecular weight excluding hydrogens is 170 g/mol. The zero-order valence-corrected chi connectivity index (χ0v) is 8.45. The number of nitrogens with two attached hydrogens (primary N) is 1. The molecule has 2 rings (SSSR count). The Bertz CT molecular complexity index is 313. The van der Waals surface area contributed by atoms with Gasteiger partial charge in [-0.15, -0.1) is 0 Å². The van der Waals surface area contributed by atoms with Gasteiger partial charge in [-0.1, -0.05) is 36.9 Å². The Morgan fingerprint density at radius 3 is 2.43 bits per heavy atom. The van der Waals surface area contributed by atoms with Crippen LogP contribution < -0.4 is 5.73 Å².